The molecule has 1 heterocycles. The summed E-state index contributed by atoms with van der Waals surface area (Å²) < 4.78 is 54.9. The van der Waals surface area contributed by atoms with Crippen LogP contribution in [0, 0.1) is 18.6 Å². The van der Waals surface area contributed by atoms with Gasteiger partial charge in [0.2, 0.25) is 0 Å². The number of nitrogens with zero attached hydrogens (tertiary/aromatic N) is 3. The molecule has 146 valence electrons. The largest absolute Gasteiger partial charge is 0.343 e. The van der Waals surface area contributed by atoms with E-state index in [1.54, 1.807) is 19.1 Å². The number of aromatic nitrogens is 2. The molecule has 0 aliphatic heterocycles. The van der Waals surface area contributed by atoms with Crippen molar-refractivity contribution in [1.82, 2.24) is 8.54 Å². The van der Waals surface area contributed by atoms with Crippen LogP contribution < -0.4 is 11.2 Å². The lowest BCUT2D eigenvalue weighted by atomic mass is 10.2. The molecule has 0 unspecified atom stereocenters. The van der Waals surface area contributed by atoms with E-state index in [2.05, 4.69) is 4.99 Å². The SMILES string of the molecule is Cc1cccc(S(=O)(=O)n2cc(F)c(=NCc3ccccc3F)n(C)c2=O)c1. The monoisotopic (exact) mass is 405 g/mol. The standard InChI is InChI=1S/C19H17F2N3O3S/c1-13-6-5-8-15(10-13)28(26,27)24-12-17(21)18(23(2)19(24)25)22-11-14-7-3-4-9-16(14)20/h3-10,12H,11H2,1-2H3. The number of halogens is 2. The molecule has 0 amide bonds. The quantitative estimate of drug-likeness (QED) is 0.667. The zero-order chi connectivity index (χ0) is 20.5. The van der Waals surface area contributed by atoms with E-state index < -0.39 is 27.3 Å². The van der Waals surface area contributed by atoms with Crippen molar-refractivity contribution in [1.29, 1.82) is 0 Å². The maximum absolute atomic E-state index is 14.6. The van der Waals surface area contributed by atoms with Crippen LogP contribution in [0.1, 0.15) is 11.1 Å². The average molecular weight is 405 g/mol. The van der Waals surface area contributed by atoms with Crippen molar-refractivity contribution in [2.24, 2.45) is 12.0 Å². The molecule has 3 rings (SSSR count). The summed E-state index contributed by atoms with van der Waals surface area (Å²) in [6.45, 7) is 1.50. The van der Waals surface area contributed by atoms with Gasteiger partial charge in [-0.05, 0) is 30.7 Å². The summed E-state index contributed by atoms with van der Waals surface area (Å²) in [5, 5.41) is 0. The molecule has 1 aromatic heterocycles. The summed E-state index contributed by atoms with van der Waals surface area (Å²) in [4.78, 5) is 16.4. The molecule has 0 atom stereocenters. The summed E-state index contributed by atoms with van der Waals surface area (Å²) in [5.74, 6) is -1.53. The van der Waals surface area contributed by atoms with E-state index in [1.165, 1.54) is 43.4 Å². The Morgan fingerprint density at radius 1 is 1.04 bits per heavy atom. The highest BCUT2D eigenvalue weighted by Gasteiger charge is 2.21. The van der Waals surface area contributed by atoms with Crippen molar-refractivity contribution >= 4 is 10.0 Å². The fourth-order valence-corrected chi connectivity index (χ4v) is 4.02. The van der Waals surface area contributed by atoms with E-state index in [0.717, 1.165) is 4.57 Å². The molecule has 0 spiro atoms. The summed E-state index contributed by atoms with van der Waals surface area (Å²) in [7, 11) is -3.08. The van der Waals surface area contributed by atoms with Gasteiger partial charge in [-0.3, -0.25) is 9.56 Å². The summed E-state index contributed by atoms with van der Waals surface area (Å²) in [6, 6.07) is 11.8. The van der Waals surface area contributed by atoms with Crippen molar-refractivity contribution < 1.29 is 17.2 Å². The van der Waals surface area contributed by atoms with Crippen LogP contribution in [0.3, 0.4) is 0 Å². The number of benzene rings is 2. The highest BCUT2D eigenvalue weighted by molar-refractivity contribution is 7.90. The Morgan fingerprint density at radius 3 is 2.43 bits per heavy atom. The first-order valence-electron chi connectivity index (χ1n) is 8.26. The second-order valence-electron chi connectivity index (χ2n) is 6.17. The Balaban J connectivity index is 2.12. The minimum absolute atomic E-state index is 0.134. The molecule has 6 nitrogen and oxygen atoms in total. The number of rotatable bonds is 4. The van der Waals surface area contributed by atoms with Crippen LogP contribution in [0.4, 0.5) is 8.78 Å². The third kappa shape index (κ3) is 3.65. The first-order chi connectivity index (χ1) is 13.2. The van der Waals surface area contributed by atoms with Crippen molar-refractivity contribution in [3.63, 3.8) is 0 Å². The fraction of sp³-hybridized carbons (Fsp3) is 0.158. The van der Waals surface area contributed by atoms with Gasteiger partial charge in [-0.2, -0.15) is 3.97 Å². The van der Waals surface area contributed by atoms with Gasteiger partial charge < -0.3 is 0 Å². The van der Waals surface area contributed by atoms with Gasteiger partial charge in [-0.15, -0.1) is 0 Å². The Bertz CT molecular complexity index is 1280. The third-order valence-corrected chi connectivity index (χ3v) is 5.77. The molecule has 0 aliphatic carbocycles. The maximum atomic E-state index is 14.6. The molecular formula is C19H17F2N3O3S. The smallest absolute Gasteiger partial charge is 0.278 e. The topological polar surface area (TPSA) is 73.4 Å². The van der Waals surface area contributed by atoms with E-state index in [-0.39, 0.29) is 22.5 Å². The number of hydrogen-bond donors (Lipinski definition) is 0. The molecule has 9 heteroatoms. The van der Waals surface area contributed by atoms with Crippen LogP contribution in [0.5, 0.6) is 0 Å². The summed E-state index contributed by atoms with van der Waals surface area (Å²) in [6.07, 6.45) is 0.584. The summed E-state index contributed by atoms with van der Waals surface area (Å²) in [5.41, 5.74) is -0.465. The molecule has 0 aliphatic rings. The molecule has 0 N–H and O–H groups in total. The molecule has 0 saturated carbocycles. The second-order valence-corrected chi connectivity index (χ2v) is 7.98. The highest BCUT2D eigenvalue weighted by atomic mass is 32.2. The Kier molecular flexibility index (Phi) is 5.28. The first-order valence-corrected chi connectivity index (χ1v) is 9.70. The van der Waals surface area contributed by atoms with Crippen LogP contribution in [0.25, 0.3) is 0 Å². The molecule has 0 saturated heterocycles. The fourth-order valence-electron chi connectivity index (χ4n) is 2.64. The van der Waals surface area contributed by atoms with Crippen molar-refractivity contribution in [2.75, 3.05) is 0 Å². The van der Waals surface area contributed by atoms with Gasteiger partial charge in [0.25, 0.3) is 10.0 Å². The lowest BCUT2D eigenvalue weighted by molar-refractivity contribution is 0.533. The number of hydrogen-bond acceptors (Lipinski definition) is 4. The van der Waals surface area contributed by atoms with Crippen LogP contribution in [0.15, 0.2) is 69.4 Å². The Labute approximate surface area is 160 Å². The summed E-state index contributed by atoms with van der Waals surface area (Å²) >= 11 is 0. The van der Waals surface area contributed by atoms with Gasteiger partial charge in [0, 0.05) is 12.6 Å². The lowest BCUT2D eigenvalue weighted by Gasteiger charge is -2.11. The normalized spacial score (nSPS) is 12.4. The van der Waals surface area contributed by atoms with E-state index in [9.17, 15) is 22.0 Å². The number of aryl methyl sites for hydroxylation is 1. The molecule has 0 radical (unpaired) electrons. The van der Waals surface area contributed by atoms with Gasteiger partial charge in [0.05, 0.1) is 17.6 Å². The van der Waals surface area contributed by atoms with Crippen molar-refractivity contribution in [3.05, 3.63) is 93.5 Å². The third-order valence-electron chi connectivity index (χ3n) is 4.14. The predicted octanol–water partition coefficient (Wildman–Crippen LogP) is 2.11. The van der Waals surface area contributed by atoms with Gasteiger partial charge in [-0.25, -0.2) is 22.0 Å². The van der Waals surface area contributed by atoms with Crippen molar-refractivity contribution in [3.8, 4) is 0 Å². The van der Waals surface area contributed by atoms with Gasteiger partial charge in [0.15, 0.2) is 11.3 Å². The highest BCUT2D eigenvalue weighted by Crippen LogP contribution is 2.13. The predicted molar refractivity (Wildman–Crippen MR) is 99.1 cm³/mol. The van der Waals surface area contributed by atoms with Crippen LogP contribution >= 0.6 is 0 Å². The Morgan fingerprint density at radius 2 is 1.75 bits per heavy atom. The average Bonchev–Trinajstić information content (AvgIpc) is 2.65. The first kappa shape index (κ1) is 19.7. The lowest BCUT2D eigenvalue weighted by Crippen LogP contribution is -2.42. The molecule has 0 bridgehead atoms. The van der Waals surface area contributed by atoms with E-state index >= 15 is 0 Å². The molecule has 0 fully saturated rings. The Hall–Kier alpha value is -3.07. The second kappa shape index (κ2) is 7.51. The zero-order valence-corrected chi connectivity index (χ0v) is 16.0. The van der Waals surface area contributed by atoms with E-state index in [4.69, 9.17) is 0 Å². The minimum Gasteiger partial charge on any atom is -0.278 e. The van der Waals surface area contributed by atoms with Crippen LogP contribution in [0.2, 0.25) is 0 Å². The van der Waals surface area contributed by atoms with Gasteiger partial charge in [-0.1, -0.05) is 30.3 Å². The molecule has 3 aromatic rings. The maximum Gasteiger partial charge on any atom is 0.343 e. The van der Waals surface area contributed by atoms with Crippen LogP contribution in [-0.4, -0.2) is 17.0 Å². The molecular weight excluding hydrogens is 388 g/mol. The molecule has 2 aromatic carbocycles. The zero-order valence-electron chi connectivity index (χ0n) is 15.1. The minimum atomic E-state index is -4.29. The van der Waals surface area contributed by atoms with Crippen molar-refractivity contribution in [2.45, 2.75) is 18.4 Å². The van der Waals surface area contributed by atoms with Crippen LogP contribution in [-0.2, 0) is 23.6 Å². The van der Waals surface area contributed by atoms with E-state index in [0.29, 0.717) is 15.7 Å². The van der Waals surface area contributed by atoms with Gasteiger partial charge >= 0.3 is 5.69 Å². The molecule has 28 heavy (non-hydrogen) atoms. The van der Waals surface area contributed by atoms with E-state index in [1.807, 2.05) is 0 Å². The van der Waals surface area contributed by atoms with Gasteiger partial charge in [0.1, 0.15) is 5.82 Å².